The highest BCUT2D eigenvalue weighted by atomic mass is 35.5. The summed E-state index contributed by atoms with van der Waals surface area (Å²) in [5, 5.41) is 5.54. The van der Waals surface area contributed by atoms with Crippen LogP contribution in [0.25, 0.3) is 21.7 Å². The van der Waals surface area contributed by atoms with E-state index in [-0.39, 0.29) is 12.4 Å². The molecule has 0 saturated carbocycles. The van der Waals surface area contributed by atoms with Crippen molar-refractivity contribution in [3.05, 3.63) is 59.2 Å². The Balaban J connectivity index is 0.00000259. The number of benzene rings is 1. The maximum absolute atomic E-state index is 6.14. The number of piperidine rings is 1. The van der Waals surface area contributed by atoms with Crippen molar-refractivity contribution in [3.8, 4) is 17.3 Å². The number of ether oxygens (including phenoxy) is 1. The standard InChI is InChI=1S/C26H32N4OS.ClH/c1-3-20-18-30(26(28-20)24-17-25-23(29(24)2)12-16-32-25)15-4-5-19-6-8-21(9-7-19)31-22-10-13-27-14-11-22;/h6-9,12,16-18,22,27H,3-5,10-11,13-15H2,1-2H3;1H. The lowest BCUT2D eigenvalue weighted by molar-refractivity contribution is 0.162. The quantitative estimate of drug-likeness (QED) is 0.341. The number of rotatable bonds is 8. The molecule has 5 rings (SSSR count). The minimum atomic E-state index is 0. The summed E-state index contributed by atoms with van der Waals surface area (Å²) in [6.45, 7) is 5.25. The second kappa shape index (κ2) is 10.8. The molecule has 33 heavy (non-hydrogen) atoms. The number of aromatic nitrogens is 3. The smallest absolute Gasteiger partial charge is 0.156 e. The van der Waals surface area contributed by atoms with Gasteiger partial charge in [-0.2, -0.15) is 0 Å². The molecule has 176 valence electrons. The van der Waals surface area contributed by atoms with Gasteiger partial charge in [0.15, 0.2) is 5.82 Å². The fourth-order valence-electron chi connectivity index (χ4n) is 4.57. The van der Waals surface area contributed by atoms with Crippen molar-refractivity contribution in [2.24, 2.45) is 7.05 Å². The largest absolute Gasteiger partial charge is 0.490 e. The first-order valence-corrected chi connectivity index (χ1v) is 12.6. The molecule has 3 aromatic heterocycles. The van der Waals surface area contributed by atoms with E-state index in [1.165, 1.54) is 21.5 Å². The zero-order valence-corrected chi connectivity index (χ0v) is 21.1. The number of hydrogen-bond donors (Lipinski definition) is 1. The van der Waals surface area contributed by atoms with Crippen LogP contribution in [0.5, 0.6) is 5.75 Å². The summed E-state index contributed by atoms with van der Waals surface area (Å²) in [6.07, 6.45) is 7.85. The Hall–Kier alpha value is -2.28. The SMILES string of the molecule is CCc1cn(CCCc2ccc(OC3CCNCC3)cc2)c(-c2cc3sccc3n2C)n1.Cl. The second-order valence-electron chi connectivity index (χ2n) is 8.68. The lowest BCUT2D eigenvalue weighted by Gasteiger charge is -2.23. The van der Waals surface area contributed by atoms with E-state index in [1.807, 2.05) is 0 Å². The molecule has 0 amide bonds. The fraction of sp³-hybridized carbons (Fsp3) is 0.423. The van der Waals surface area contributed by atoms with Crippen LogP contribution >= 0.6 is 23.7 Å². The van der Waals surface area contributed by atoms with Crippen molar-refractivity contribution in [2.45, 2.75) is 51.7 Å². The Labute approximate surface area is 206 Å². The average Bonchev–Trinajstić information content (AvgIpc) is 3.52. The number of thiophene rings is 1. The van der Waals surface area contributed by atoms with E-state index < -0.39 is 0 Å². The molecule has 0 unspecified atom stereocenters. The molecule has 7 heteroatoms. The van der Waals surface area contributed by atoms with Gasteiger partial charge in [0.25, 0.3) is 0 Å². The summed E-state index contributed by atoms with van der Waals surface area (Å²) in [7, 11) is 2.14. The summed E-state index contributed by atoms with van der Waals surface area (Å²) in [5.41, 5.74) is 5.00. The first-order valence-electron chi connectivity index (χ1n) is 11.8. The molecule has 1 aliphatic heterocycles. The van der Waals surface area contributed by atoms with E-state index in [9.17, 15) is 0 Å². The number of fused-ring (bicyclic) bond motifs is 1. The number of hydrogen-bond acceptors (Lipinski definition) is 4. The molecule has 0 bridgehead atoms. The molecule has 1 fully saturated rings. The fourth-order valence-corrected chi connectivity index (χ4v) is 5.42. The van der Waals surface area contributed by atoms with Gasteiger partial charge >= 0.3 is 0 Å². The van der Waals surface area contributed by atoms with Crippen molar-refractivity contribution in [3.63, 3.8) is 0 Å². The number of halogens is 1. The van der Waals surface area contributed by atoms with Crippen molar-refractivity contribution in [2.75, 3.05) is 13.1 Å². The lowest BCUT2D eigenvalue weighted by atomic mass is 10.1. The van der Waals surface area contributed by atoms with Gasteiger partial charge in [-0.3, -0.25) is 0 Å². The number of nitrogens with zero attached hydrogens (tertiary/aromatic N) is 3. The molecule has 1 aromatic carbocycles. The van der Waals surface area contributed by atoms with Crippen LogP contribution in [-0.2, 0) is 26.4 Å². The predicted molar refractivity (Wildman–Crippen MR) is 140 cm³/mol. The topological polar surface area (TPSA) is 44.0 Å². The summed E-state index contributed by atoms with van der Waals surface area (Å²) < 4.78 is 12.1. The van der Waals surface area contributed by atoms with Crippen LogP contribution in [-0.4, -0.2) is 33.3 Å². The predicted octanol–water partition coefficient (Wildman–Crippen LogP) is 5.85. The molecule has 4 aromatic rings. The Morgan fingerprint density at radius 2 is 1.94 bits per heavy atom. The molecule has 0 radical (unpaired) electrons. The normalized spacial score (nSPS) is 14.5. The van der Waals surface area contributed by atoms with Crippen LogP contribution in [0.2, 0.25) is 0 Å². The van der Waals surface area contributed by atoms with Crippen LogP contribution in [0.1, 0.15) is 37.4 Å². The lowest BCUT2D eigenvalue weighted by Crippen LogP contribution is -2.34. The first kappa shape index (κ1) is 23.9. The Morgan fingerprint density at radius 1 is 1.15 bits per heavy atom. The molecular weight excluding hydrogens is 452 g/mol. The third-order valence-electron chi connectivity index (χ3n) is 6.46. The molecular formula is C26H33ClN4OS. The molecule has 4 heterocycles. The van der Waals surface area contributed by atoms with Crippen LogP contribution in [0.15, 0.2) is 48.0 Å². The molecule has 0 aliphatic carbocycles. The van der Waals surface area contributed by atoms with Gasteiger partial charge in [0.05, 0.1) is 21.6 Å². The highest BCUT2D eigenvalue weighted by Crippen LogP contribution is 2.30. The van der Waals surface area contributed by atoms with Crippen molar-refractivity contribution < 1.29 is 4.74 Å². The van der Waals surface area contributed by atoms with Crippen LogP contribution < -0.4 is 10.1 Å². The zero-order chi connectivity index (χ0) is 21.9. The van der Waals surface area contributed by atoms with Crippen molar-refractivity contribution in [1.82, 2.24) is 19.4 Å². The number of aryl methyl sites for hydroxylation is 4. The third-order valence-corrected chi connectivity index (χ3v) is 7.31. The summed E-state index contributed by atoms with van der Waals surface area (Å²) in [5.74, 6) is 2.08. The second-order valence-corrected chi connectivity index (χ2v) is 9.62. The van der Waals surface area contributed by atoms with E-state index >= 15 is 0 Å². The average molecular weight is 485 g/mol. The molecule has 1 aliphatic rings. The summed E-state index contributed by atoms with van der Waals surface area (Å²) >= 11 is 1.79. The van der Waals surface area contributed by atoms with Gasteiger partial charge in [0.2, 0.25) is 0 Å². The van der Waals surface area contributed by atoms with Gasteiger partial charge in [-0.05, 0) is 80.4 Å². The maximum atomic E-state index is 6.14. The van der Waals surface area contributed by atoms with E-state index in [0.29, 0.717) is 6.10 Å². The number of nitrogens with one attached hydrogen (secondary N) is 1. The summed E-state index contributed by atoms with van der Waals surface area (Å²) in [6, 6.07) is 13.2. The minimum absolute atomic E-state index is 0. The van der Waals surface area contributed by atoms with Gasteiger partial charge in [-0.15, -0.1) is 23.7 Å². The van der Waals surface area contributed by atoms with E-state index in [1.54, 1.807) is 11.3 Å². The first-order chi connectivity index (χ1) is 15.7. The Bertz CT molecular complexity index is 1170. The Morgan fingerprint density at radius 3 is 2.67 bits per heavy atom. The van der Waals surface area contributed by atoms with Gasteiger partial charge < -0.3 is 19.2 Å². The molecule has 1 N–H and O–H groups in total. The Kier molecular flexibility index (Phi) is 7.78. The van der Waals surface area contributed by atoms with Crippen LogP contribution in [0.4, 0.5) is 0 Å². The highest BCUT2D eigenvalue weighted by Gasteiger charge is 2.16. The van der Waals surface area contributed by atoms with E-state index in [0.717, 1.165) is 69.0 Å². The van der Waals surface area contributed by atoms with Crippen LogP contribution in [0.3, 0.4) is 0 Å². The third kappa shape index (κ3) is 5.29. The highest BCUT2D eigenvalue weighted by molar-refractivity contribution is 7.17. The monoisotopic (exact) mass is 484 g/mol. The van der Waals surface area contributed by atoms with Gasteiger partial charge in [-0.1, -0.05) is 19.1 Å². The van der Waals surface area contributed by atoms with Gasteiger partial charge in [-0.25, -0.2) is 4.98 Å². The zero-order valence-electron chi connectivity index (χ0n) is 19.4. The molecule has 5 nitrogen and oxygen atoms in total. The van der Waals surface area contributed by atoms with Crippen LogP contribution in [0, 0.1) is 0 Å². The maximum Gasteiger partial charge on any atom is 0.156 e. The van der Waals surface area contributed by atoms with Crippen molar-refractivity contribution >= 4 is 34.0 Å². The van der Waals surface area contributed by atoms with E-state index in [4.69, 9.17) is 9.72 Å². The van der Waals surface area contributed by atoms with Gasteiger partial charge in [0, 0.05) is 19.8 Å². The summed E-state index contributed by atoms with van der Waals surface area (Å²) in [4.78, 5) is 4.95. The van der Waals surface area contributed by atoms with E-state index in [2.05, 4.69) is 76.4 Å². The van der Waals surface area contributed by atoms with Gasteiger partial charge in [0.1, 0.15) is 11.9 Å². The minimum Gasteiger partial charge on any atom is -0.490 e. The molecule has 1 saturated heterocycles. The number of imidazole rings is 1. The molecule has 0 spiro atoms. The molecule has 0 atom stereocenters. The van der Waals surface area contributed by atoms with Crippen molar-refractivity contribution in [1.29, 1.82) is 0 Å².